The van der Waals surface area contributed by atoms with Crippen LogP contribution in [0.2, 0.25) is 5.82 Å². The molecule has 4 aliphatic carbocycles. The lowest BCUT2D eigenvalue weighted by Gasteiger charge is -2.70. The van der Waals surface area contributed by atoms with Crippen LogP contribution in [0, 0.1) is 34.5 Å². The molecule has 14 unspecified atom stereocenters. The molecule has 0 aromatic heterocycles. The van der Waals surface area contributed by atoms with Crippen LogP contribution in [-0.2, 0) is 20.3 Å². The summed E-state index contributed by atoms with van der Waals surface area (Å²) in [6, 6.07) is 31.1. The summed E-state index contributed by atoms with van der Waals surface area (Å²) < 4.78 is 15.4. The highest BCUT2D eigenvalue weighted by atomic mass is 16.5. The highest BCUT2D eigenvalue weighted by Gasteiger charge is 2.68. The van der Waals surface area contributed by atoms with Gasteiger partial charge < -0.3 is 24.1 Å². The van der Waals surface area contributed by atoms with Crippen LogP contribution in [0.1, 0.15) is 158 Å². The van der Waals surface area contributed by atoms with Gasteiger partial charge in [0.25, 0.3) is 6.85 Å². The molecule has 64 heavy (non-hydrogen) atoms. The van der Waals surface area contributed by atoms with Crippen molar-refractivity contribution in [1.82, 2.24) is 4.81 Å². The van der Waals surface area contributed by atoms with Crippen molar-refractivity contribution in [3.05, 3.63) is 83.9 Å². The van der Waals surface area contributed by atoms with Crippen LogP contribution in [0.5, 0.6) is 0 Å². The quantitative estimate of drug-likeness (QED) is 0.239. The van der Waals surface area contributed by atoms with Gasteiger partial charge in [0, 0.05) is 35.2 Å². The molecule has 4 heterocycles. The summed E-state index contributed by atoms with van der Waals surface area (Å²) >= 11 is 0. The van der Waals surface area contributed by atoms with Gasteiger partial charge in [-0.3, -0.25) is 0 Å². The molecule has 7 fully saturated rings. The predicted octanol–water partition coefficient (Wildman–Crippen LogP) is 12.7. The molecule has 0 amide bonds. The minimum absolute atomic E-state index is 0.0488. The fourth-order valence-corrected chi connectivity index (χ4v) is 15.7. The van der Waals surface area contributed by atoms with E-state index in [-0.39, 0.29) is 40.0 Å². The van der Waals surface area contributed by atoms with E-state index in [0.717, 1.165) is 12.8 Å². The average molecular weight is 864 g/mol. The van der Waals surface area contributed by atoms with Crippen LogP contribution in [-0.4, -0.2) is 66.3 Å². The molecule has 3 aromatic rings. The van der Waals surface area contributed by atoms with Crippen LogP contribution >= 0.6 is 0 Å². The zero-order chi connectivity index (χ0) is 44.8. The lowest BCUT2D eigenvalue weighted by atomic mass is 9.30. The third kappa shape index (κ3) is 7.17. The largest absolute Gasteiger partial charge is 0.372 e. The molecule has 11 rings (SSSR count). The van der Waals surface area contributed by atoms with Crippen LogP contribution < -0.4 is 15.3 Å². The summed E-state index contributed by atoms with van der Waals surface area (Å²) in [5.74, 6) is 3.10. The predicted molar refractivity (Wildman–Crippen MR) is 268 cm³/mol. The number of benzene rings is 3. The van der Waals surface area contributed by atoms with E-state index >= 15 is 0 Å². The molecule has 6 heteroatoms. The van der Waals surface area contributed by atoms with E-state index in [1.807, 2.05) is 0 Å². The number of hydrogen-bond acceptors (Lipinski definition) is 5. The Kier molecular flexibility index (Phi) is 10.5. The van der Waals surface area contributed by atoms with E-state index < -0.39 is 0 Å². The molecule has 344 valence electrons. The van der Waals surface area contributed by atoms with Crippen LogP contribution in [0.25, 0.3) is 0 Å². The Bertz CT molecular complexity index is 2180. The highest BCUT2D eigenvalue weighted by Crippen LogP contribution is 2.63. The molecule has 0 N–H and O–H groups in total. The maximum absolute atomic E-state index is 7.88. The summed E-state index contributed by atoms with van der Waals surface area (Å²) in [6.07, 6.45) is 13.2. The fourth-order valence-electron chi connectivity index (χ4n) is 15.7. The van der Waals surface area contributed by atoms with Gasteiger partial charge in [0.05, 0.1) is 36.5 Å². The van der Waals surface area contributed by atoms with Gasteiger partial charge in [-0.25, -0.2) is 0 Å². The van der Waals surface area contributed by atoms with Crippen molar-refractivity contribution in [2.24, 2.45) is 34.5 Å². The van der Waals surface area contributed by atoms with Crippen molar-refractivity contribution >= 4 is 29.4 Å². The number of rotatable bonds is 2. The van der Waals surface area contributed by atoms with Gasteiger partial charge in [-0.1, -0.05) is 138 Å². The first kappa shape index (κ1) is 43.8. The van der Waals surface area contributed by atoms with Crippen LogP contribution in [0.15, 0.2) is 72.8 Å². The van der Waals surface area contributed by atoms with Crippen LogP contribution in [0.4, 0.5) is 17.1 Å². The number of para-hydroxylation sites is 1. The molecule has 4 aliphatic heterocycles. The smallest absolute Gasteiger partial charge is 0.266 e. The van der Waals surface area contributed by atoms with Crippen LogP contribution in [0.3, 0.4) is 0 Å². The van der Waals surface area contributed by atoms with E-state index in [1.165, 1.54) is 79.6 Å². The monoisotopic (exact) mass is 864 g/mol. The Morgan fingerprint density at radius 1 is 0.516 bits per heavy atom. The third-order valence-corrected chi connectivity index (χ3v) is 19.1. The lowest BCUT2D eigenvalue weighted by molar-refractivity contribution is -0.216. The second-order valence-corrected chi connectivity index (χ2v) is 26.7. The first-order valence-corrected chi connectivity index (χ1v) is 26.2. The molecule has 5 nitrogen and oxygen atoms in total. The molecule has 0 radical (unpaired) electrons. The van der Waals surface area contributed by atoms with E-state index in [9.17, 15) is 0 Å². The van der Waals surface area contributed by atoms with E-state index in [4.69, 9.17) is 9.47 Å². The number of hydrogen-bond donors (Lipinski definition) is 0. The Morgan fingerprint density at radius 3 is 1.81 bits per heavy atom. The van der Waals surface area contributed by atoms with E-state index in [2.05, 4.69) is 170 Å². The Hall–Kier alpha value is -2.80. The molecule has 0 bridgehead atoms. The molecule has 3 saturated heterocycles. The fraction of sp³-hybridized carbons (Fsp3) is 0.690. The van der Waals surface area contributed by atoms with E-state index in [1.54, 1.807) is 5.46 Å². The summed E-state index contributed by atoms with van der Waals surface area (Å²) in [5, 5.41) is 0. The molecule has 0 spiro atoms. The lowest BCUT2D eigenvalue weighted by Crippen LogP contribution is -2.81. The van der Waals surface area contributed by atoms with Crippen molar-refractivity contribution in [3.8, 4) is 0 Å². The Labute approximate surface area is 388 Å². The molecular formula is C58H82BN3O2. The SMILES string of the molecule is CC(C)(C)c1ccc(N2c3cc(C(C)(C)C)ccc3B3C4C(CC(C(C)(C)C)CC42)C2CC(C(C)(C)C)CC4OC5CC6C(CC5N3C42)OC2CCCCC2N6c2ccccc2)cc1. The van der Waals surface area contributed by atoms with Gasteiger partial charge in [0.1, 0.15) is 0 Å². The minimum atomic E-state index is 0.0488. The second kappa shape index (κ2) is 15.4. The topological polar surface area (TPSA) is 28.2 Å². The van der Waals surface area contributed by atoms with Gasteiger partial charge in [0.2, 0.25) is 0 Å². The minimum Gasteiger partial charge on any atom is -0.372 e. The van der Waals surface area contributed by atoms with Gasteiger partial charge in [-0.2, -0.15) is 0 Å². The first-order valence-electron chi connectivity index (χ1n) is 26.2. The number of fused-ring (bicyclic) bond motifs is 8. The van der Waals surface area contributed by atoms with Crippen molar-refractivity contribution in [3.63, 3.8) is 0 Å². The third-order valence-electron chi connectivity index (χ3n) is 19.1. The van der Waals surface area contributed by atoms with Crippen molar-refractivity contribution in [2.75, 3.05) is 9.80 Å². The highest BCUT2D eigenvalue weighted by molar-refractivity contribution is 6.75. The van der Waals surface area contributed by atoms with Crippen molar-refractivity contribution in [1.29, 1.82) is 0 Å². The van der Waals surface area contributed by atoms with Gasteiger partial charge >= 0.3 is 0 Å². The first-order chi connectivity index (χ1) is 30.3. The molecular weight excluding hydrogens is 781 g/mol. The number of nitrogens with zero attached hydrogens (tertiary/aromatic N) is 3. The summed E-state index contributed by atoms with van der Waals surface area (Å²) in [7, 11) is 0. The summed E-state index contributed by atoms with van der Waals surface area (Å²) in [5.41, 5.74) is 9.31. The Balaban J connectivity index is 1.09. The zero-order valence-corrected chi connectivity index (χ0v) is 41.8. The van der Waals surface area contributed by atoms with Crippen molar-refractivity contribution < 1.29 is 9.47 Å². The normalized spacial score (nSPS) is 37.4. The van der Waals surface area contributed by atoms with Gasteiger partial charge in [-0.15, -0.1) is 0 Å². The zero-order valence-electron chi connectivity index (χ0n) is 41.8. The molecule has 4 saturated carbocycles. The molecule has 3 aromatic carbocycles. The number of anilines is 3. The number of ether oxygens (including phenoxy) is 2. The maximum Gasteiger partial charge on any atom is 0.266 e. The summed E-state index contributed by atoms with van der Waals surface area (Å²) in [6.45, 7) is 29.9. The maximum atomic E-state index is 7.88. The standard InChI is InChI=1S/C58H82BN3O2/c1-55(2,3)35-22-25-40(26-23-35)61-45-30-36(56(4,5)6)24-27-43(45)59-53-41(28-37(31-48(53)61)57(7,8)9)42-29-38(58(10,11)12)32-52-54(42)62(59)47-34-50-46(33-51(47)64-52)60(39-18-14-13-15-19-39)44-20-16-17-21-49(44)63-50/h13-15,18-19,22-27,30,37-38,41-42,44,46-54H,16-17,20-21,28-29,31-34H2,1-12H3. The summed E-state index contributed by atoms with van der Waals surface area (Å²) in [4.78, 5) is 9.03. The molecule has 8 aliphatic rings. The Morgan fingerprint density at radius 2 is 1.12 bits per heavy atom. The van der Waals surface area contributed by atoms with Gasteiger partial charge in [-0.05, 0) is 149 Å². The van der Waals surface area contributed by atoms with Gasteiger partial charge in [0.15, 0.2) is 0 Å². The average Bonchev–Trinajstić information content (AvgIpc) is 3.24. The molecule has 14 atom stereocenters. The second-order valence-electron chi connectivity index (χ2n) is 26.7. The van der Waals surface area contributed by atoms with E-state index in [0.29, 0.717) is 72.6 Å². The van der Waals surface area contributed by atoms with Crippen molar-refractivity contribution in [2.45, 2.75) is 219 Å². The number of morpholine rings is 2.